The molecule has 0 unspecified atom stereocenters. The molecule has 0 radical (unpaired) electrons. The van der Waals surface area contributed by atoms with Crippen molar-refractivity contribution in [3.05, 3.63) is 58.1 Å². The maximum Gasteiger partial charge on any atom is 0.268 e. The van der Waals surface area contributed by atoms with Gasteiger partial charge in [-0.05, 0) is 37.1 Å². The van der Waals surface area contributed by atoms with Crippen LogP contribution in [0.25, 0.3) is 0 Å². The van der Waals surface area contributed by atoms with Crippen LogP contribution in [0.2, 0.25) is 10.0 Å². The fraction of sp³-hybridized carbons (Fsp3) is 0.300. The summed E-state index contributed by atoms with van der Waals surface area (Å²) in [7, 11) is 0. The molecule has 1 atom stereocenters. The predicted molar refractivity (Wildman–Crippen MR) is 109 cm³/mol. The van der Waals surface area contributed by atoms with E-state index < -0.39 is 6.10 Å². The number of carbonyl (C=O) groups excluding carboxylic acids is 1. The van der Waals surface area contributed by atoms with E-state index in [1.54, 1.807) is 18.2 Å². The molecule has 27 heavy (non-hydrogen) atoms. The van der Waals surface area contributed by atoms with Crippen molar-refractivity contribution in [1.29, 1.82) is 0 Å². The number of hydrogen-bond donors (Lipinski definition) is 1. The molecule has 1 N–H and O–H groups in total. The lowest BCUT2D eigenvalue weighted by Crippen LogP contribution is -2.29. The van der Waals surface area contributed by atoms with Crippen molar-refractivity contribution >= 4 is 46.2 Å². The number of benzene rings is 2. The van der Waals surface area contributed by atoms with Crippen LogP contribution >= 0.6 is 23.2 Å². The third-order valence-electron chi connectivity index (χ3n) is 4.81. The second-order valence-corrected chi connectivity index (χ2v) is 7.50. The topological polar surface area (TPSA) is 53.9 Å². The second-order valence-electron chi connectivity index (χ2n) is 6.66. The van der Waals surface area contributed by atoms with E-state index in [1.165, 1.54) is 12.8 Å². The molecule has 1 fully saturated rings. The van der Waals surface area contributed by atoms with Crippen molar-refractivity contribution in [2.45, 2.75) is 25.4 Å². The quantitative estimate of drug-likeness (QED) is 0.802. The Hall–Kier alpha value is -2.24. The highest BCUT2D eigenvalue weighted by Gasteiger charge is 2.30. The van der Waals surface area contributed by atoms with Crippen LogP contribution in [0.15, 0.2) is 47.6 Å². The number of oxime groups is 1. The summed E-state index contributed by atoms with van der Waals surface area (Å²) >= 11 is 12.2. The third-order valence-corrected chi connectivity index (χ3v) is 5.36. The molecule has 1 saturated heterocycles. The zero-order chi connectivity index (χ0) is 18.8. The van der Waals surface area contributed by atoms with Crippen LogP contribution < -0.4 is 10.2 Å². The first-order chi connectivity index (χ1) is 13.1. The van der Waals surface area contributed by atoms with Gasteiger partial charge in [-0.25, -0.2) is 0 Å². The normalized spacial score (nSPS) is 19.0. The lowest BCUT2D eigenvalue weighted by molar-refractivity contribution is -0.125. The number of amides is 1. The van der Waals surface area contributed by atoms with Gasteiger partial charge in [0.15, 0.2) is 0 Å². The van der Waals surface area contributed by atoms with E-state index in [-0.39, 0.29) is 5.91 Å². The van der Waals surface area contributed by atoms with Crippen molar-refractivity contribution in [2.24, 2.45) is 5.16 Å². The maximum absolute atomic E-state index is 12.7. The molecule has 2 aromatic rings. The molecule has 0 aliphatic carbocycles. The molecule has 2 heterocycles. The highest BCUT2D eigenvalue weighted by atomic mass is 35.5. The summed E-state index contributed by atoms with van der Waals surface area (Å²) in [5.74, 6) is -0.217. The first kappa shape index (κ1) is 18.1. The van der Waals surface area contributed by atoms with Crippen molar-refractivity contribution in [3.63, 3.8) is 0 Å². The lowest BCUT2D eigenvalue weighted by atomic mass is 10.0. The summed E-state index contributed by atoms with van der Waals surface area (Å²) in [6, 6.07) is 13.0. The standard InChI is InChI=1S/C20H19Cl2N3O2/c21-13-7-8-14(15(22)11-13)17-12-19(27-24-17)20(26)23-16-5-1-2-6-18(16)25-9-3-4-10-25/h1-2,5-8,11,19H,3-4,9-10,12H2,(H,23,26)/t19-/m1/s1. The molecule has 1 amide bonds. The van der Waals surface area contributed by atoms with Gasteiger partial charge in [-0.2, -0.15) is 0 Å². The van der Waals surface area contributed by atoms with E-state index in [0.717, 1.165) is 30.0 Å². The van der Waals surface area contributed by atoms with Crippen molar-refractivity contribution in [3.8, 4) is 0 Å². The van der Waals surface area contributed by atoms with Crippen molar-refractivity contribution in [1.82, 2.24) is 0 Å². The Morgan fingerprint density at radius 2 is 1.93 bits per heavy atom. The van der Waals surface area contributed by atoms with E-state index in [9.17, 15) is 4.79 Å². The van der Waals surface area contributed by atoms with Gasteiger partial charge in [-0.1, -0.05) is 46.6 Å². The van der Waals surface area contributed by atoms with Gasteiger partial charge in [0, 0.05) is 30.1 Å². The number of rotatable bonds is 4. The van der Waals surface area contributed by atoms with Gasteiger partial charge in [0.05, 0.1) is 22.1 Å². The molecule has 140 valence electrons. The van der Waals surface area contributed by atoms with Crippen LogP contribution in [0.1, 0.15) is 24.8 Å². The molecule has 2 aromatic carbocycles. The van der Waals surface area contributed by atoms with Crippen molar-refractivity contribution in [2.75, 3.05) is 23.3 Å². The number of hydrogen-bond acceptors (Lipinski definition) is 4. The van der Waals surface area contributed by atoms with Crippen LogP contribution in [0.5, 0.6) is 0 Å². The summed E-state index contributed by atoms with van der Waals surface area (Å²) in [5.41, 5.74) is 3.22. The van der Waals surface area contributed by atoms with Gasteiger partial charge in [-0.15, -0.1) is 0 Å². The lowest BCUT2D eigenvalue weighted by Gasteiger charge is -2.22. The highest BCUT2D eigenvalue weighted by molar-refractivity contribution is 6.37. The van der Waals surface area contributed by atoms with Gasteiger partial charge < -0.3 is 15.1 Å². The largest absolute Gasteiger partial charge is 0.382 e. The number of carbonyl (C=O) groups is 1. The Bertz CT molecular complexity index is 895. The monoisotopic (exact) mass is 403 g/mol. The SMILES string of the molecule is O=C(Nc1ccccc1N1CCCC1)[C@H]1CC(c2ccc(Cl)cc2Cl)=NO1. The van der Waals surface area contributed by atoms with Gasteiger partial charge in [0.1, 0.15) is 0 Å². The van der Waals surface area contributed by atoms with Gasteiger partial charge in [0.25, 0.3) is 5.91 Å². The summed E-state index contributed by atoms with van der Waals surface area (Å²) in [6.07, 6.45) is 2.03. The summed E-state index contributed by atoms with van der Waals surface area (Å²) in [5, 5.41) is 8.09. The Labute approximate surface area is 167 Å². The van der Waals surface area contributed by atoms with Gasteiger partial charge in [0.2, 0.25) is 6.10 Å². The van der Waals surface area contributed by atoms with Crippen molar-refractivity contribution < 1.29 is 9.63 Å². The highest BCUT2D eigenvalue weighted by Crippen LogP contribution is 2.30. The minimum Gasteiger partial charge on any atom is -0.382 e. The minimum absolute atomic E-state index is 0.217. The Morgan fingerprint density at radius 1 is 1.15 bits per heavy atom. The molecule has 7 heteroatoms. The van der Waals surface area contributed by atoms with Crippen LogP contribution in [0, 0.1) is 0 Å². The summed E-state index contributed by atoms with van der Waals surface area (Å²) < 4.78 is 0. The molecular formula is C20H19Cl2N3O2. The molecule has 0 spiro atoms. The zero-order valence-corrected chi connectivity index (χ0v) is 16.1. The predicted octanol–water partition coefficient (Wildman–Crippen LogP) is 4.73. The Balaban J connectivity index is 1.45. The number of para-hydroxylation sites is 2. The molecule has 2 aliphatic heterocycles. The Morgan fingerprint density at radius 3 is 2.70 bits per heavy atom. The molecule has 0 bridgehead atoms. The molecule has 0 saturated carbocycles. The minimum atomic E-state index is -0.682. The first-order valence-electron chi connectivity index (χ1n) is 8.95. The molecule has 2 aliphatic rings. The fourth-order valence-electron chi connectivity index (χ4n) is 3.43. The fourth-order valence-corrected chi connectivity index (χ4v) is 3.94. The molecular weight excluding hydrogens is 385 g/mol. The molecule has 0 aromatic heterocycles. The van der Waals surface area contributed by atoms with E-state index in [1.807, 2.05) is 24.3 Å². The van der Waals surface area contributed by atoms with Crippen LogP contribution in [-0.4, -0.2) is 30.8 Å². The average molecular weight is 404 g/mol. The smallest absolute Gasteiger partial charge is 0.268 e. The molecule has 5 nitrogen and oxygen atoms in total. The van der Waals surface area contributed by atoms with E-state index in [2.05, 4.69) is 15.4 Å². The van der Waals surface area contributed by atoms with E-state index in [0.29, 0.717) is 22.2 Å². The van der Waals surface area contributed by atoms with E-state index >= 15 is 0 Å². The van der Waals surface area contributed by atoms with Crippen LogP contribution in [0.3, 0.4) is 0 Å². The average Bonchev–Trinajstić information content (AvgIpc) is 3.34. The van der Waals surface area contributed by atoms with E-state index in [4.69, 9.17) is 28.0 Å². The Kier molecular flexibility index (Phi) is 5.23. The second kappa shape index (κ2) is 7.79. The number of anilines is 2. The van der Waals surface area contributed by atoms with Crippen LogP contribution in [0.4, 0.5) is 11.4 Å². The summed E-state index contributed by atoms with van der Waals surface area (Å²) in [4.78, 5) is 20.4. The maximum atomic E-state index is 12.7. The van der Waals surface area contributed by atoms with Gasteiger partial charge in [-0.3, -0.25) is 4.79 Å². The van der Waals surface area contributed by atoms with Crippen LogP contribution in [-0.2, 0) is 9.63 Å². The third kappa shape index (κ3) is 3.89. The summed E-state index contributed by atoms with van der Waals surface area (Å²) in [6.45, 7) is 2.02. The van der Waals surface area contributed by atoms with Gasteiger partial charge >= 0.3 is 0 Å². The molecule has 4 rings (SSSR count). The zero-order valence-electron chi connectivity index (χ0n) is 14.6. The number of halogens is 2. The number of nitrogens with one attached hydrogen (secondary N) is 1. The first-order valence-corrected chi connectivity index (χ1v) is 9.70. The number of nitrogens with zero attached hydrogens (tertiary/aromatic N) is 2.